The zero-order chi connectivity index (χ0) is 27.4. The SMILES string of the molecule is C/C=C1/NC(=O)C(CSSCCC)NC(=O)[C@@H](C(C)C)NC(=O)C[C@@H](C)OC(=O)[C@H](C(C)C)NC1=O. The number of esters is 1. The maximum atomic E-state index is 13.1. The lowest BCUT2D eigenvalue weighted by molar-refractivity contribution is -0.154. The number of ether oxygens (including phenoxy) is 1. The summed E-state index contributed by atoms with van der Waals surface area (Å²) >= 11 is 0. The minimum Gasteiger partial charge on any atom is -0.461 e. The average molecular weight is 545 g/mol. The molecule has 12 heteroatoms. The Bertz CT molecular complexity index is 833. The van der Waals surface area contributed by atoms with Crippen LogP contribution in [0.15, 0.2) is 11.8 Å². The molecule has 204 valence electrons. The molecule has 1 aliphatic heterocycles. The Kier molecular flexibility index (Phi) is 14.0. The van der Waals surface area contributed by atoms with E-state index in [1.165, 1.54) is 16.9 Å². The van der Waals surface area contributed by atoms with Crippen LogP contribution in [0.1, 0.15) is 61.3 Å². The van der Waals surface area contributed by atoms with Crippen LogP contribution in [0, 0.1) is 11.8 Å². The van der Waals surface area contributed by atoms with E-state index in [1.54, 1.807) is 52.3 Å². The average Bonchev–Trinajstić information content (AvgIpc) is 2.79. The molecule has 0 spiro atoms. The summed E-state index contributed by atoms with van der Waals surface area (Å²) in [4.78, 5) is 64.6. The Morgan fingerprint density at radius 1 is 0.944 bits per heavy atom. The van der Waals surface area contributed by atoms with Crippen molar-refractivity contribution in [1.82, 2.24) is 21.3 Å². The van der Waals surface area contributed by atoms with Gasteiger partial charge in [0.1, 0.15) is 29.9 Å². The first-order chi connectivity index (χ1) is 16.9. The van der Waals surface area contributed by atoms with Crippen molar-refractivity contribution >= 4 is 51.2 Å². The highest BCUT2D eigenvalue weighted by atomic mass is 33.1. The molecule has 0 aliphatic carbocycles. The molecule has 4 N–H and O–H groups in total. The molecule has 10 nitrogen and oxygen atoms in total. The van der Waals surface area contributed by atoms with Crippen molar-refractivity contribution in [1.29, 1.82) is 0 Å². The third-order valence-corrected chi connectivity index (χ3v) is 7.91. The number of allylic oxidation sites excluding steroid dienone is 1. The zero-order valence-corrected chi connectivity index (χ0v) is 23.8. The van der Waals surface area contributed by atoms with Gasteiger partial charge in [0.2, 0.25) is 17.7 Å². The van der Waals surface area contributed by atoms with Gasteiger partial charge in [-0.05, 0) is 32.1 Å². The molecule has 1 unspecified atom stereocenters. The summed E-state index contributed by atoms with van der Waals surface area (Å²) in [5.41, 5.74) is -0.0437. The fourth-order valence-electron chi connectivity index (χ4n) is 3.24. The van der Waals surface area contributed by atoms with Crippen LogP contribution < -0.4 is 21.3 Å². The van der Waals surface area contributed by atoms with E-state index in [9.17, 15) is 24.0 Å². The second-order valence-corrected chi connectivity index (χ2v) is 11.9. The van der Waals surface area contributed by atoms with E-state index in [1.807, 2.05) is 6.92 Å². The van der Waals surface area contributed by atoms with Gasteiger partial charge in [0.25, 0.3) is 5.91 Å². The molecule has 0 aromatic carbocycles. The molecule has 1 fully saturated rings. The zero-order valence-electron chi connectivity index (χ0n) is 22.1. The van der Waals surface area contributed by atoms with Gasteiger partial charge in [-0.1, -0.05) is 62.3 Å². The van der Waals surface area contributed by atoms with Gasteiger partial charge in [-0.15, -0.1) is 0 Å². The summed E-state index contributed by atoms with van der Waals surface area (Å²) in [5, 5.41) is 10.6. The van der Waals surface area contributed by atoms with Crippen LogP contribution in [-0.4, -0.2) is 65.3 Å². The monoisotopic (exact) mass is 544 g/mol. The Hall–Kier alpha value is -2.21. The second kappa shape index (κ2) is 15.8. The van der Waals surface area contributed by atoms with Crippen molar-refractivity contribution in [3.8, 4) is 0 Å². The lowest BCUT2D eigenvalue weighted by Gasteiger charge is -2.27. The van der Waals surface area contributed by atoms with Crippen LogP contribution in [0.2, 0.25) is 0 Å². The highest BCUT2D eigenvalue weighted by molar-refractivity contribution is 8.76. The van der Waals surface area contributed by atoms with Gasteiger partial charge in [0.15, 0.2) is 0 Å². The Balaban J connectivity index is 3.33. The number of amides is 4. The van der Waals surface area contributed by atoms with E-state index in [4.69, 9.17) is 4.74 Å². The van der Waals surface area contributed by atoms with Crippen LogP contribution in [-0.2, 0) is 28.7 Å². The molecule has 1 heterocycles. The first-order valence-corrected chi connectivity index (χ1v) is 14.7. The maximum Gasteiger partial charge on any atom is 0.329 e. The van der Waals surface area contributed by atoms with Gasteiger partial charge >= 0.3 is 5.97 Å². The van der Waals surface area contributed by atoms with Gasteiger partial charge < -0.3 is 26.0 Å². The smallest absolute Gasteiger partial charge is 0.329 e. The Labute approximate surface area is 221 Å². The summed E-state index contributed by atoms with van der Waals surface area (Å²) in [6.07, 6.45) is 1.45. The summed E-state index contributed by atoms with van der Waals surface area (Å²) < 4.78 is 5.41. The van der Waals surface area contributed by atoms with Gasteiger partial charge in [-0.25, -0.2) is 4.79 Å². The highest BCUT2D eigenvalue weighted by Crippen LogP contribution is 2.23. The molecule has 1 aliphatic rings. The molecular weight excluding hydrogens is 504 g/mol. The largest absolute Gasteiger partial charge is 0.461 e. The minimum absolute atomic E-state index is 0.0437. The second-order valence-electron chi connectivity index (χ2n) is 9.30. The first-order valence-electron chi connectivity index (χ1n) is 12.2. The number of carbonyl (C=O) groups is 5. The van der Waals surface area contributed by atoms with Crippen molar-refractivity contribution < 1.29 is 28.7 Å². The van der Waals surface area contributed by atoms with Gasteiger partial charge in [-0.2, -0.15) is 0 Å². The van der Waals surface area contributed by atoms with E-state index in [2.05, 4.69) is 21.3 Å². The van der Waals surface area contributed by atoms with Crippen LogP contribution in [0.5, 0.6) is 0 Å². The first kappa shape index (κ1) is 31.8. The predicted octanol–water partition coefficient (Wildman–Crippen LogP) is 1.90. The molecular formula is C24H40N4O6S2. The lowest BCUT2D eigenvalue weighted by Crippen LogP contribution is -2.57. The topological polar surface area (TPSA) is 143 Å². The fraction of sp³-hybridized carbons (Fsp3) is 0.708. The number of rotatable bonds is 7. The molecule has 0 aromatic heterocycles. The number of cyclic esters (lactones) is 1. The molecule has 1 rings (SSSR count). The third-order valence-electron chi connectivity index (χ3n) is 5.29. The maximum absolute atomic E-state index is 13.1. The number of hydrogen-bond acceptors (Lipinski definition) is 8. The van der Waals surface area contributed by atoms with Crippen molar-refractivity contribution in [2.24, 2.45) is 11.8 Å². The number of nitrogens with one attached hydrogen (secondary N) is 4. The highest BCUT2D eigenvalue weighted by Gasteiger charge is 2.33. The van der Waals surface area contributed by atoms with Gasteiger partial charge in [-0.3, -0.25) is 19.2 Å². The van der Waals surface area contributed by atoms with Gasteiger partial charge in [0, 0.05) is 11.5 Å². The predicted molar refractivity (Wildman–Crippen MR) is 143 cm³/mol. The van der Waals surface area contributed by atoms with E-state index in [-0.39, 0.29) is 29.7 Å². The van der Waals surface area contributed by atoms with E-state index >= 15 is 0 Å². The lowest BCUT2D eigenvalue weighted by atomic mass is 10.0. The quantitative estimate of drug-likeness (QED) is 0.165. The van der Waals surface area contributed by atoms with Crippen molar-refractivity contribution in [3.63, 3.8) is 0 Å². The van der Waals surface area contributed by atoms with E-state index in [0.29, 0.717) is 0 Å². The molecule has 0 saturated carbocycles. The molecule has 4 amide bonds. The normalized spacial score (nSPS) is 26.4. The van der Waals surface area contributed by atoms with E-state index in [0.717, 1.165) is 12.2 Å². The summed E-state index contributed by atoms with van der Waals surface area (Å²) in [6, 6.07) is -2.84. The fourth-order valence-corrected chi connectivity index (χ4v) is 5.54. The summed E-state index contributed by atoms with van der Waals surface area (Å²) in [7, 11) is 3.02. The third kappa shape index (κ3) is 10.4. The van der Waals surface area contributed by atoms with Crippen molar-refractivity contribution in [2.75, 3.05) is 11.5 Å². The molecule has 0 radical (unpaired) electrons. The summed E-state index contributed by atoms with van der Waals surface area (Å²) in [5.74, 6) is -2.32. The Morgan fingerprint density at radius 3 is 2.14 bits per heavy atom. The standard InChI is InChI=1S/C24H40N4O6S2/c1-8-10-35-36-12-17-22(31)25-16(9-2)21(30)28-20(14(5)6)24(33)34-15(7)11-18(29)27-19(13(3)4)23(32)26-17/h9,13-15,17,19-20H,8,10-12H2,1-7H3,(H,25,31)(H,26,32)(H,27,29)(H,28,30)/b16-9+/t15-,17?,19-,20+/m1/s1. The van der Waals surface area contributed by atoms with Crippen LogP contribution >= 0.6 is 21.6 Å². The molecule has 1 saturated heterocycles. The van der Waals surface area contributed by atoms with Gasteiger partial charge in [0.05, 0.1) is 6.42 Å². The number of hydrogen-bond donors (Lipinski definition) is 4. The molecule has 36 heavy (non-hydrogen) atoms. The minimum atomic E-state index is -0.984. The molecule has 4 atom stereocenters. The van der Waals surface area contributed by atoms with E-state index < -0.39 is 53.8 Å². The van der Waals surface area contributed by atoms with Crippen molar-refractivity contribution in [3.05, 3.63) is 11.8 Å². The van der Waals surface area contributed by atoms with Crippen LogP contribution in [0.25, 0.3) is 0 Å². The summed E-state index contributed by atoms with van der Waals surface area (Å²) in [6.45, 7) is 12.3. The number of carbonyl (C=O) groups excluding carboxylic acids is 5. The molecule has 0 bridgehead atoms. The van der Waals surface area contributed by atoms with Crippen LogP contribution in [0.3, 0.4) is 0 Å². The van der Waals surface area contributed by atoms with Crippen molar-refractivity contribution in [2.45, 2.75) is 85.5 Å². The molecule has 0 aromatic rings. The van der Waals surface area contributed by atoms with Crippen LogP contribution in [0.4, 0.5) is 0 Å². The Morgan fingerprint density at radius 2 is 1.58 bits per heavy atom.